The summed E-state index contributed by atoms with van der Waals surface area (Å²) in [4.78, 5) is 24.3. The fourth-order valence-corrected chi connectivity index (χ4v) is 2.08. The topological polar surface area (TPSA) is 46.6 Å². The van der Waals surface area contributed by atoms with E-state index in [4.69, 9.17) is 16.3 Å². The molecule has 0 bridgehead atoms. The van der Waals surface area contributed by atoms with Crippen LogP contribution in [0.3, 0.4) is 0 Å². The molecule has 1 unspecified atom stereocenters. The maximum Gasteiger partial charge on any atom is 0.410 e. The number of rotatable bonds is 2. The monoisotopic (exact) mass is 273 g/mol. The first-order valence-corrected chi connectivity index (χ1v) is 6.41. The number of nitrogens with zero attached hydrogens (tertiary/aromatic N) is 1. The second kappa shape index (κ2) is 5.74. The number of aldehydes is 1. The second-order valence-corrected chi connectivity index (χ2v) is 5.99. The number of hydrogen-bond acceptors (Lipinski definition) is 3. The summed E-state index contributed by atoms with van der Waals surface area (Å²) in [6, 6.07) is -0.0254. The summed E-state index contributed by atoms with van der Waals surface area (Å²) in [6.07, 6.45) is 2.30. The summed E-state index contributed by atoms with van der Waals surface area (Å²) in [7, 11) is 1.69. The molecule has 0 aliphatic heterocycles. The van der Waals surface area contributed by atoms with Crippen LogP contribution >= 0.6 is 11.6 Å². The first-order chi connectivity index (χ1) is 8.24. The second-order valence-electron chi connectivity index (χ2n) is 5.54. The molecule has 0 aromatic carbocycles. The molecule has 5 heteroatoms. The van der Waals surface area contributed by atoms with Gasteiger partial charge in [0.25, 0.3) is 0 Å². The third kappa shape index (κ3) is 4.02. The molecule has 1 atom stereocenters. The molecule has 4 nitrogen and oxygen atoms in total. The Balaban J connectivity index is 2.67. The van der Waals surface area contributed by atoms with Gasteiger partial charge in [0.2, 0.25) is 0 Å². The number of allylic oxidation sites excluding steroid dienone is 1. The molecule has 0 spiro atoms. The lowest BCUT2D eigenvalue weighted by Crippen LogP contribution is -2.42. The lowest BCUT2D eigenvalue weighted by atomic mass is 9.94. The third-order valence-electron chi connectivity index (χ3n) is 2.87. The summed E-state index contributed by atoms with van der Waals surface area (Å²) in [6.45, 7) is 5.48. The minimum Gasteiger partial charge on any atom is -0.444 e. The van der Waals surface area contributed by atoms with E-state index in [1.807, 2.05) is 20.8 Å². The number of hydrogen-bond donors (Lipinski definition) is 0. The van der Waals surface area contributed by atoms with Crippen molar-refractivity contribution in [2.45, 2.75) is 51.7 Å². The highest BCUT2D eigenvalue weighted by molar-refractivity contribution is 6.31. The predicted molar refractivity (Wildman–Crippen MR) is 70.6 cm³/mol. The Hall–Kier alpha value is -1.03. The van der Waals surface area contributed by atoms with E-state index in [1.54, 1.807) is 11.9 Å². The third-order valence-corrected chi connectivity index (χ3v) is 3.30. The van der Waals surface area contributed by atoms with Crippen LogP contribution in [0.15, 0.2) is 10.6 Å². The van der Waals surface area contributed by atoms with Crippen molar-refractivity contribution in [3.05, 3.63) is 10.6 Å². The Kier molecular flexibility index (Phi) is 4.79. The Morgan fingerprint density at radius 2 is 2.11 bits per heavy atom. The first kappa shape index (κ1) is 15.0. The standard InChI is InChI=1S/C13H20ClNO3/c1-13(2,3)18-12(17)15(4)10-5-6-11(14)9(7-10)8-16/h8,10H,5-7H2,1-4H3. The van der Waals surface area contributed by atoms with E-state index in [0.29, 0.717) is 23.4 Å². The van der Waals surface area contributed by atoms with E-state index in [-0.39, 0.29) is 12.1 Å². The van der Waals surface area contributed by atoms with Crippen LogP contribution in [-0.4, -0.2) is 36.0 Å². The van der Waals surface area contributed by atoms with E-state index >= 15 is 0 Å². The van der Waals surface area contributed by atoms with Crippen molar-refractivity contribution in [1.29, 1.82) is 0 Å². The highest BCUT2D eigenvalue weighted by Gasteiger charge is 2.28. The molecule has 0 saturated carbocycles. The van der Waals surface area contributed by atoms with E-state index in [2.05, 4.69) is 0 Å². The number of ether oxygens (including phenoxy) is 1. The minimum atomic E-state index is -0.513. The maximum atomic E-state index is 11.9. The number of amides is 1. The van der Waals surface area contributed by atoms with Gasteiger partial charge in [-0.1, -0.05) is 11.6 Å². The molecular weight excluding hydrogens is 254 g/mol. The van der Waals surface area contributed by atoms with Gasteiger partial charge in [0.15, 0.2) is 0 Å². The van der Waals surface area contributed by atoms with Crippen LogP contribution in [0.2, 0.25) is 0 Å². The fourth-order valence-electron chi connectivity index (χ4n) is 1.85. The molecular formula is C13H20ClNO3. The van der Waals surface area contributed by atoms with Gasteiger partial charge in [0, 0.05) is 23.7 Å². The molecule has 18 heavy (non-hydrogen) atoms. The van der Waals surface area contributed by atoms with E-state index in [1.165, 1.54) is 0 Å². The zero-order valence-electron chi connectivity index (χ0n) is 11.3. The number of halogens is 1. The molecule has 1 aliphatic rings. The molecule has 0 saturated heterocycles. The SMILES string of the molecule is CN(C(=O)OC(C)(C)C)C1CCC(Cl)=C(C=O)C1. The molecule has 1 amide bonds. The molecule has 0 fully saturated rings. The molecule has 0 N–H and O–H groups in total. The highest BCUT2D eigenvalue weighted by atomic mass is 35.5. The van der Waals surface area contributed by atoms with Gasteiger partial charge in [-0.05, 0) is 40.0 Å². The van der Waals surface area contributed by atoms with Gasteiger partial charge in [-0.3, -0.25) is 4.79 Å². The molecule has 1 rings (SSSR count). The van der Waals surface area contributed by atoms with Gasteiger partial charge >= 0.3 is 6.09 Å². The minimum absolute atomic E-state index is 0.0254. The zero-order chi connectivity index (χ0) is 13.9. The first-order valence-electron chi connectivity index (χ1n) is 6.03. The van der Waals surface area contributed by atoms with Crippen molar-refractivity contribution in [2.75, 3.05) is 7.05 Å². The highest BCUT2D eigenvalue weighted by Crippen LogP contribution is 2.29. The fraction of sp³-hybridized carbons (Fsp3) is 0.692. The van der Waals surface area contributed by atoms with Crippen molar-refractivity contribution >= 4 is 24.0 Å². The average molecular weight is 274 g/mol. The lowest BCUT2D eigenvalue weighted by molar-refractivity contribution is -0.105. The predicted octanol–water partition coefficient (Wildman–Crippen LogP) is 3.10. The van der Waals surface area contributed by atoms with Gasteiger partial charge in [-0.15, -0.1) is 0 Å². The van der Waals surface area contributed by atoms with Gasteiger partial charge in [0.1, 0.15) is 11.9 Å². The Bertz CT molecular complexity index is 371. The number of carbonyl (C=O) groups is 2. The zero-order valence-corrected chi connectivity index (χ0v) is 12.1. The van der Waals surface area contributed by atoms with Crippen LogP contribution in [-0.2, 0) is 9.53 Å². The van der Waals surface area contributed by atoms with Crippen molar-refractivity contribution in [2.24, 2.45) is 0 Å². The molecule has 1 aliphatic carbocycles. The van der Waals surface area contributed by atoms with Gasteiger partial charge in [0.05, 0.1) is 0 Å². The quantitative estimate of drug-likeness (QED) is 0.727. The van der Waals surface area contributed by atoms with E-state index in [0.717, 1.165) is 12.7 Å². The van der Waals surface area contributed by atoms with Gasteiger partial charge in [-0.25, -0.2) is 4.79 Å². The van der Waals surface area contributed by atoms with E-state index in [9.17, 15) is 9.59 Å². The summed E-state index contributed by atoms with van der Waals surface area (Å²) < 4.78 is 5.30. The average Bonchev–Trinajstić information content (AvgIpc) is 2.26. The maximum absolute atomic E-state index is 11.9. The lowest BCUT2D eigenvalue weighted by Gasteiger charge is -2.33. The van der Waals surface area contributed by atoms with Crippen LogP contribution in [0, 0.1) is 0 Å². The number of carbonyl (C=O) groups excluding carboxylic acids is 2. The smallest absolute Gasteiger partial charge is 0.410 e. The van der Waals surface area contributed by atoms with E-state index < -0.39 is 5.60 Å². The van der Waals surface area contributed by atoms with Gasteiger partial charge < -0.3 is 9.64 Å². The van der Waals surface area contributed by atoms with Crippen LogP contribution < -0.4 is 0 Å². The normalized spacial score (nSPS) is 20.6. The Morgan fingerprint density at radius 3 is 2.61 bits per heavy atom. The van der Waals surface area contributed by atoms with Crippen molar-refractivity contribution < 1.29 is 14.3 Å². The summed E-state index contributed by atoms with van der Waals surface area (Å²) in [5.41, 5.74) is 0.0735. The largest absolute Gasteiger partial charge is 0.444 e. The molecule has 0 radical (unpaired) electrons. The van der Waals surface area contributed by atoms with Crippen LogP contribution in [0.5, 0.6) is 0 Å². The summed E-state index contributed by atoms with van der Waals surface area (Å²) >= 11 is 5.95. The van der Waals surface area contributed by atoms with Crippen LogP contribution in [0.4, 0.5) is 4.79 Å². The molecule has 0 aromatic rings. The summed E-state index contributed by atoms with van der Waals surface area (Å²) in [5, 5.41) is 0.610. The van der Waals surface area contributed by atoms with Gasteiger partial charge in [-0.2, -0.15) is 0 Å². The molecule has 0 aromatic heterocycles. The van der Waals surface area contributed by atoms with Crippen molar-refractivity contribution in [3.63, 3.8) is 0 Å². The molecule has 102 valence electrons. The molecule has 0 heterocycles. The summed E-state index contributed by atoms with van der Waals surface area (Å²) in [5.74, 6) is 0. The van der Waals surface area contributed by atoms with Crippen LogP contribution in [0.1, 0.15) is 40.0 Å². The van der Waals surface area contributed by atoms with Crippen molar-refractivity contribution in [3.8, 4) is 0 Å². The Labute approximate surface area is 113 Å². The van der Waals surface area contributed by atoms with Crippen molar-refractivity contribution in [1.82, 2.24) is 4.90 Å². The Morgan fingerprint density at radius 1 is 1.50 bits per heavy atom. The van der Waals surface area contributed by atoms with Crippen LogP contribution in [0.25, 0.3) is 0 Å².